The summed E-state index contributed by atoms with van der Waals surface area (Å²) in [7, 11) is 2.75. The van der Waals surface area contributed by atoms with Crippen molar-refractivity contribution < 1.29 is 19.0 Å². The molecule has 4 nitrogen and oxygen atoms in total. The molecule has 0 spiro atoms. The van der Waals surface area contributed by atoms with E-state index < -0.39 is 6.48 Å². The molecule has 0 bridgehead atoms. The topological polar surface area (TPSA) is 44.8 Å². The molecular weight excluding hydrogens is 112 g/mol. The van der Waals surface area contributed by atoms with Crippen LogP contribution in [0.3, 0.4) is 0 Å². The van der Waals surface area contributed by atoms with E-state index >= 15 is 0 Å². The van der Waals surface area contributed by atoms with Gasteiger partial charge in [-0.15, -0.1) is 0 Å². The van der Waals surface area contributed by atoms with Gasteiger partial charge in [-0.25, -0.2) is 0 Å². The van der Waals surface area contributed by atoms with Crippen LogP contribution in [0.25, 0.3) is 0 Å². The summed E-state index contributed by atoms with van der Waals surface area (Å²) in [5.41, 5.74) is 0. The Morgan fingerprint density at radius 2 is 1.88 bits per heavy atom. The van der Waals surface area contributed by atoms with Crippen LogP contribution < -0.4 is 0 Å². The summed E-state index contributed by atoms with van der Waals surface area (Å²) in [5.74, 6) is 0. The molecule has 0 aliphatic carbocycles. The second-order valence-corrected chi connectivity index (χ2v) is 0.992. The maximum atomic E-state index is 9.55. The van der Waals surface area contributed by atoms with Crippen LogP contribution >= 0.6 is 0 Å². The largest absolute Gasteiger partial charge is 0.413 e. The summed E-state index contributed by atoms with van der Waals surface area (Å²) < 4.78 is 13.1. The minimum absolute atomic E-state index is 0.262. The molecule has 0 aromatic heterocycles. The van der Waals surface area contributed by atoms with E-state index in [9.17, 15) is 4.79 Å². The zero-order valence-corrected chi connectivity index (χ0v) is 4.79. The molecule has 0 aromatic rings. The monoisotopic (exact) mass is 120 g/mol. The predicted octanol–water partition coefficient (Wildman–Crippen LogP) is -0.264. The van der Waals surface area contributed by atoms with Crippen molar-refractivity contribution in [2.75, 3.05) is 14.2 Å². The zero-order valence-electron chi connectivity index (χ0n) is 4.79. The lowest BCUT2D eigenvalue weighted by Gasteiger charge is -2.08. The third-order valence-electron chi connectivity index (χ3n) is 0.552. The Labute approximate surface area is 47.3 Å². The molecule has 0 aliphatic heterocycles. The van der Waals surface area contributed by atoms with Crippen LogP contribution in [0.5, 0.6) is 0 Å². The average Bonchev–Trinajstić information content (AvgIpc) is 1.83. The maximum absolute atomic E-state index is 9.55. The van der Waals surface area contributed by atoms with Gasteiger partial charge in [0.1, 0.15) is 0 Å². The van der Waals surface area contributed by atoms with Crippen LogP contribution in [0.1, 0.15) is 0 Å². The van der Waals surface area contributed by atoms with Gasteiger partial charge in [0.2, 0.25) is 0 Å². The molecule has 0 aromatic carbocycles. The van der Waals surface area contributed by atoms with Crippen LogP contribution in [0.4, 0.5) is 0 Å². The number of hydrogen-bond donors (Lipinski definition) is 0. The molecule has 48 valence electrons. The Bertz CT molecular complexity index is 59.1. The van der Waals surface area contributed by atoms with E-state index in [0.29, 0.717) is 0 Å². The second kappa shape index (κ2) is 4.55. The molecule has 0 rings (SSSR count). The quantitative estimate of drug-likeness (QED) is 0.378. The summed E-state index contributed by atoms with van der Waals surface area (Å²) >= 11 is 0. The Morgan fingerprint density at radius 3 is 2.00 bits per heavy atom. The van der Waals surface area contributed by atoms with Gasteiger partial charge in [-0.1, -0.05) is 0 Å². The fourth-order valence-corrected chi connectivity index (χ4v) is 0.253. The lowest BCUT2D eigenvalue weighted by atomic mass is 11.2. The summed E-state index contributed by atoms with van der Waals surface area (Å²) in [6.45, 7) is -0.606. The molecule has 0 heterocycles. The zero-order chi connectivity index (χ0) is 6.41. The minimum atomic E-state index is -0.868. The van der Waals surface area contributed by atoms with Crippen molar-refractivity contribution in [2.24, 2.45) is 0 Å². The molecule has 0 amide bonds. The Morgan fingerprint density at radius 1 is 1.38 bits per heavy atom. The fraction of sp³-hybridized carbons (Fsp3) is 0.750. The molecule has 0 unspecified atom stereocenters. The van der Waals surface area contributed by atoms with Crippen LogP contribution in [-0.4, -0.2) is 27.2 Å². The first-order valence-corrected chi connectivity index (χ1v) is 2.00. The van der Waals surface area contributed by atoms with E-state index in [4.69, 9.17) is 0 Å². The number of carbonyl (C=O) groups excluding carboxylic acids is 1. The van der Waals surface area contributed by atoms with Crippen molar-refractivity contribution in [3.8, 4) is 0 Å². The van der Waals surface area contributed by atoms with Gasteiger partial charge in [-0.3, -0.25) is 4.79 Å². The number of ether oxygens (including phenoxy) is 3. The first kappa shape index (κ1) is 7.39. The van der Waals surface area contributed by atoms with Crippen LogP contribution in [0.2, 0.25) is 0 Å². The smallest absolute Gasteiger partial charge is 0.317 e. The van der Waals surface area contributed by atoms with Crippen LogP contribution in [-0.2, 0) is 19.0 Å². The number of hydrogen-bond acceptors (Lipinski definition) is 4. The summed E-state index contributed by atoms with van der Waals surface area (Å²) in [4.78, 5) is 9.55. The highest BCUT2D eigenvalue weighted by molar-refractivity contribution is 5.36. The molecule has 0 atom stereocenters. The third-order valence-corrected chi connectivity index (χ3v) is 0.552. The van der Waals surface area contributed by atoms with Crippen molar-refractivity contribution in [2.45, 2.75) is 6.48 Å². The summed E-state index contributed by atoms with van der Waals surface area (Å²) in [5, 5.41) is 0. The summed E-state index contributed by atoms with van der Waals surface area (Å²) in [6, 6.07) is 0. The molecule has 0 saturated heterocycles. The van der Waals surface area contributed by atoms with Gasteiger partial charge in [0.15, 0.2) is 0 Å². The van der Waals surface area contributed by atoms with Crippen LogP contribution in [0.15, 0.2) is 0 Å². The van der Waals surface area contributed by atoms with E-state index in [0.717, 1.165) is 0 Å². The predicted molar refractivity (Wildman–Crippen MR) is 25.0 cm³/mol. The number of methoxy groups -OCH3 is 2. The fourth-order valence-electron chi connectivity index (χ4n) is 0.253. The molecule has 8 heavy (non-hydrogen) atoms. The lowest BCUT2D eigenvalue weighted by Crippen LogP contribution is -2.15. The number of rotatable bonds is 4. The van der Waals surface area contributed by atoms with Gasteiger partial charge in [0.25, 0.3) is 6.47 Å². The molecule has 0 fully saturated rings. The van der Waals surface area contributed by atoms with E-state index in [2.05, 4.69) is 14.2 Å². The van der Waals surface area contributed by atoms with Crippen LogP contribution in [0, 0.1) is 0 Å². The van der Waals surface area contributed by atoms with Gasteiger partial charge < -0.3 is 14.2 Å². The van der Waals surface area contributed by atoms with Gasteiger partial charge in [-0.2, -0.15) is 0 Å². The van der Waals surface area contributed by atoms with E-state index in [-0.39, 0.29) is 6.47 Å². The second-order valence-electron chi connectivity index (χ2n) is 0.992. The Balaban J connectivity index is 3.20. The Hall–Kier alpha value is -0.610. The van der Waals surface area contributed by atoms with Crippen molar-refractivity contribution in [3.63, 3.8) is 0 Å². The van der Waals surface area contributed by atoms with Crippen molar-refractivity contribution >= 4 is 6.47 Å². The highest BCUT2D eigenvalue weighted by Gasteiger charge is 2.00. The lowest BCUT2D eigenvalue weighted by molar-refractivity contribution is -0.246. The first-order valence-electron chi connectivity index (χ1n) is 2.00. The van der Waals surface area contributed by atoms with E-state index in [1.54, 1.807) is 0 Å². The summed E-state index contributed by atoms with van der Waals surface area (Å²) in [6.07, 6.45) is 0. The highest BCUT2D eigenvalue weighted by atomic mass is 16.8. The third kappa shape index (κ3) is 2.54. The highest BCUT2D eigenvalue weighted by Crippen LogP contribution is 1.88. The standard InChI is InChI=1S/C4H8O4/c1-6-4(7-2)8-3-5/h3-4H,1-2H3. The SMILES string of the molecule is COC(OC)OC=O. The van der Waals surface area contributed by atoms with E-state index in [1.165, 1.54) is 14.2 Å². The molecule has 0 radical (unpaired) electrons. The van der Waals surface area contributed by atoms with Gasteiger partial charge in [-0.05, 0) is 0 Å². The van der Waals surface area contributed by atoms with Crippen molar-refractivity contribution in [1.29, 1.82) is 0 Å². The van der Waals surface area contributed by atoms with Crippen molar-refractivity contribution in [1.82, 2.24) is 0 Å². The molecule has 0 N–H and O–H groups in total. The van der Waals surface area contributed by atoms with Gasteiger partial charge >= 0.3 is 6.48 Å². The molecule has 0 saturated carbocycles. The van der Waals surface area contributed by atoms with E-state index in [1.807, 2.05) is 0 Å². The average molecular weight is 120 g/mol. The van der Waals surface area contributed by atoms with Gasteiger partial charge in [0, 0.05) is 14.2 Å². The first-order chi connectivity index (χ1) is 3.85. The van der Waals surface area contributed by atoms with Crippen molar-refractivity contribution in [3.05, 3.63) is 0 Å². The number of carbonyl (C=O) groups is 1. The molecular formula is C4H8O4. The maximum Gasteiger partial charge on any atom is 0.317 e. The minimum Gasteiger partial charge on any atom is -0.413 e. The normalized spacial score (nSPS) is 9.38. The van der Waals surface area contributed by atoms with Gasteiger partial charge in [0.05, 0.1) is 0 Å². The molecule has 0 aliphatic rings. The Kier molecular flexibility index (Phi) is 4.20. The molecule has 4 heteroatoms.